The van der Waals surface area contributed by atoms with Crippen LogP contribution >= 0.6 is 11.6 Å². The number of aromatic nitrogens is 1. The van der Waals surface area contributed by atoms with Gasteiger partial charge in [0.05, 0.1) is 4.92 Å². The fraction of sp³-hybridized carbons (Fsp3) is 0.583. The second-order valence-corrected chi connectivity index (χ2v) is 5.31. The predicted octanol–water partition coefficient (Wildman–Crippen LogP) is 3.67. The summed E-state index contributed by atoms with van der Waals surface area (Å²) in [7, 11) is 0. The number of rotatable bonds is 4. The summed E-state index contributed by atoms with van der Waals surface area (Å²) >= 11 is 6.13. The molecule has 2 unspecified atom stereocenters. The zero-order chi connectivity index (χ0) is 13.2. The first-order valence-corrected chi connectivity index (χ1v) is 6.03. The van der Waals surface area contributed by atoms with E-state index in [0.717, 1.165) is 5.56 Å². The number of hydrogen-bond donors (Lipinski definition) is 0. The lowest BCUT2D eigenvalue weighted by molar-refractivity contribution is -0.386. The zero-order valence-corrected chi connectivity index (χ0v) is 11.2. The van der Waals surface area contributed by atoms with Crippen LogP contribution in [0.5, 0.6) is 0 Å². The second-order valence-electron chi connectivity index (χ2n) is 4.62. The van der Waals surface area contributed by atoms with Gasteiger partial charge in [0.1, 0.15) is 5.69 Å². The number of nitrogens with zero attached hydrogens (tertiary/aromatic N) is 2. The minimum Gasteiger partial charge on any atom is -0.258 e. The van der Waals surface area contributed by atoms with E-state index in [4.69, 9.17) is 11.6 Å². The monoisotopic (exact) mass is 256 g/mol. The van der Waals surface area contributed by atoms with Gasteiger partial charge in [-0.15, -0.1) is 11.6 Å². The minimum absolute atomic E-state index is 0.0659. The molecule has 1 rings (SSSR count). The first-order valence-electron chi connectivity index (χ1n) is 5.59. The van der Waals surface area contributed by atoms with Crippen molar-refractivity contribution in [2.24, 2.45) is 5.92 Å². The SMILES string of the molecule is Cc1cnc(C(C(C)C)C(C)Cl)c([N+](=O)[O-])c1. The van der Waals surface area contributed by atoms with Crippen molar-refractivity contribution < 1.29 is 4.92 Å². The van der Waals surface area contributed by atoms with Crippen molar-refractivity contribution in [2.75, 3.05) is 0 Å². The molecule has 0 bridgehead atoms. The van der Waals surface area contributed by atoms with Crippen LogP contribution in [-0.4, -0.2) is 15.3 Å². The van der Waals surface area contributed by atoms with E-state index in [1.54, 1.807) is 19.2 Å². The summed E-state index contributed by atoms with van der Waals surface area (Å²) in [4.78, 5) is 14.9. The Morgan fingerprint density at radius 2 is 2.00 bits per heavy atom. The van der Waals surface area contributed by atoms with Crippen LogP contribution in [0.15, 0.2) is 12.3 Å². The summed E-state index contributed by atoms with van der Waals surface area (Å²) in [5.74, 6) is 0.0917. The molecule has 1 heterocycles. The quantitative estimate of drug-likeness (QED) is 0.469. The summed E-state index contributed by atoms with van der Waals surface area (Å²) < 4.78 is 0. The van der Waals surface area contributed by atoms with Gasteiger partial charge in [0, 0.05) is 23.6 Å². The zero-order valence-electron chi connectivity index (χ0n) is 10.5. The normalized spacial score (nSPS) is 14.7. The van der Waals surface area contributed by atoms with Gasteiger partial charge in [-0.3, -0.25) is 15.1 Å². The highest BCUT2D eigenvalue weighted by atomic mass is 35.5. The van der Waals surface area contributed by atoms with Crippen LogP contribution in [0.3, 0.4) is 0 Å². The minimum atomic E-state index is -0.385. The third-order valence-electron chi connectivity index (χ3n) is 2.76. The number of nitro groups is 1. The van der Waals surface area contributed by atoms with Gasteiger partial charge in [0.15, 0.2) is 0 Å². The Morgan fingerprint density at radius 3 is 2.41 bits per heavy atom. The van der Waals surface area contributed by atoms with Crippen LogP contribution in [0, 0.1) is 23.0 Å². The standard InChI is InChI=1S/C12H17ClN2O2/c1-7(2)11(9(4)13)12-10(15(16)17)5-8(3)6-14-12/h5-7,9,11H,1-4H3. The van der Waals surface area contributed by atoms with Crippen LogP contribution in [0.2, 0.25) is 0 Å². The van der Waals surface area contributed by atoms with Gasteiger partial charge in [-0.05, 0) is 25.3 Å². The van der Waals surface area contributed by atoms with Gasteiger partial charge in [0.2, 0.25) is 0 Å². The van der Waals surface area contributed by atoms with Crippen molar-refractivity contribution in [1.82, 2.24) is 4.98 Å². The largest absolute Gasteiger partial charge is 0.291 e. The molecule has 94 valence electrons. The molecule has 0 aliphatic carbocycles. The molecule has 2 atom stereocenters. The summed E-state index contributed by atoms with van der Waals surface area (Å²) in [6.07, 6.45) is 1.65. The molecular formula is C12H17ClN2O2. The van der Waals surface area contributed by atoms with Crippen molar-refractivity contribution in [3.8, 4) is 0 Å². The highest BCUT2D eigenvalue weighted by Crippen LogP contribution is 2.35. The predicted molar refractivity (Wildman–Crippen MR) is 68.5 cm³/mol. The van der Waals surface area contributed by atoms with Crippen molar-refractivity contribution in [1.29, 1.82) is 0 Å². The van der Waals surface area contributed by atoms with E-state index >= 15 is 0 Å². The summed E-state index contributed by atoms with van der Waals surface area (Å²) in [6, 6.07) is 1.55. The van der Waals surface area contributed by atoms with Gasteiger partial charge in [-0.1, -0.05) is 13.8 Å². The van der Waals surface area contributed by atoms with Crippen LogP contribution in [0.25, 0.3) is 0 Å². The van der Waals surface area contributed by atoms with Crippen molar-refractivity contribution in [3.05, 3.63) is 33.6 Å². The molecule has 0 saturated heterocycles. The molecule has 17 heavy (non-hydrogen) atoms. The Labute approximate surface area is 106 Å². The topological polar surface area (TPSA) is 56.0 Å². The van der Waals surface area contributed by atoms with Crippen LogP contribution in [-0.2, 0) is 0 Å². The molecule has 0 aliphatic rings. The van der Waals surface area contributed by atoms with Gasteiger partial charge in [0.25, 0.3) is 5.69 Å². The van der Waals surface area contributed by atoms with Gasteiger partial charge >= 0.3 is 0 Å². The number of aryl methyl sites for hydroxylation is 1. The maximum absolute atomic E-state index is 11.0. The highest BCUT2D eigenvalue weighted by molar-refractivity contribution is 6.20. The Morgan fingerprint density at radius 1 is 1.41 bits per heavy atom. The molecule has 0 saturated carbocycles. The average molecular weight is 257 g/mol. The van der Waals surface area contributed by atoms with E-state index < -0.39 is 0 Å². The van der Waals surface area contributed by atoms with Gasteiger partial charge < -0.3 is 0 Å². The first kappa shape index (κ1) is 13.9. The van der Waals surface area contributed by atoms with E-state index in [-0.39, 0.29) is 27.8 Å². The lowest BCUT2D eigenvalue weighted by Crippen LogP contribution is -2.19. The molecule has 0 amide bonds. The Hall–Kier alpha value is -1.16. The molecule has 0 N–H and O–H groups in total. The number of pyridine rings is 1. The van der Waals surface area contributed by atoms with Crippen LogP contribution in [0.4, 0.5) is 5.69 Å². The van der Waals surface area contributed by atoms with Crippen molar-refractivity contribution in [3.63, 3.8) is 0 Å². The molecule has 0 aliphatic heterocycles. The molecule has 1 aromatic heterocycles. The molecule has 0 aromatic carbocycles. The fourth-order valence-corrected chi connectivity index (χ4v) is 2.44. The third-order valence-corrected chi connectivity index (χ3v) is 3.03. The van der Waals surface area contributed by atoms with Crippen molar-refractivity contribution >= 4 is 17.3 Å². The van der Waals surface area contributed by atoms with E-state index in [9.17, 15) is 10.1 Å². The fourth-order valence-electron chi connectivity index (χ4n) is 2.03. The highest BCUT2D eigenvalue weighted by Gasteiger charge is 2.29. The number of halogens is 1. The van der Waals surface area contributed by atoms with Crippen LogP contribution in [0.1, 0.15) is 37.9 Å². The Kier molecular flexibility index (Phi) is 4.46. The van der Waals surface area contributed by atoms with Gasteiger partial charge in [-0.25, -0.2) is 0 Å². The average Bonchev–Trinajstić information content (AvgIpc) is 2.19. The van der Waals surface area contributed by atoms with Gasteiger partial charge in [-0.2, -0.15) is 0 Å². The number of hydrogen-bond acceptors (Lipinski definition) is 3. The maximum Gasteiger partial charge on any atom is 0.291 e. The van der Waals surface area contributed by atoms with E-state index in [2.05, 4.69) is 4.98 Å². The molecule has 5 heteroatoms. The maximum atomic E-state index is 11.0. The smallest absolute Gasteiger partial charge is 0.258 e. The Bertz CT molecular complexity index is 411. The molecule has 0 radical (unpaired) electrons. The molecule has 0 fully saturated rings. The molecular weight excluding hydrogens is 240 g/mol. The van der Waals surface area contributed by atoms with E-state index in [1.807, 2.05) is 20.8 Å². The lowest BCUT2D eigenvalue weighted by Gasteiger charge is -2.22. The lowest BCUT2D eigenvalue weighted by atomic mass is 9.88. The molecule has 4 nitrogen and oxygen atoms in total. The summed E-state index contributed by atoms with van der Waals surface area (Å²) in [6.45, 7) is 7.62. The van der Waals surface area contributed by atoms with Crippen LogP contribution < -0.4 is 0 Å². The van der Waals surface area contributed by atoms with E-state index in [0.29, 0.717) is 5.69 Å². The van der Waals surface area contributed by atoms with E-state index in [1.165, 1.54) is 0 Å². The Balaban J connectivity index is 3.32. The molecule has 1 aromatic rings. The second kappa shape index (κ2) is 5.45. The number of alkyl halides is 1. The third kappa shape index (κ3) is 3.16. The van der Waals surface area contributed by atoms with Crippen molar-refractivity contribution in [2.45, 2.75) is 39.0 Å². The summed E-state index contributed by atoms with van der Waals surface area (Å²) in [5, 5.41) is 10.9. The first-order chi connectivity index (χ1) is 7.84. The summed E-state index contributed by atoms with van der Waals surface area (Å²) in [5.41, 5.74) is 1.33. The molecule has 0 spiro atoms.